The number of hydrogen-bond acceptors (Lipinski definition) is 4. The normalized spacial score (nSPS) is 22.3. The van der Waals surface area contributed by atoms with Crippen LogP contribution in [0, 0.1) is 0 Å². The predicted octanol–water partition coefficient (Wildman–Crippen LogP) is 1.31. The lowest BCUT2D eigenvalue weighted by atomic mass is 10.1. The Hall–Kier alpha value is -0.940. The van der Waals surface area contributed by atoms with Crippen molar-refractivity contribution in [2.24, 2.45) is 0 Å². The molecule has 1 aliphatic heterocycles. The van der Waals surface area contributed by atoms with Crippen molar-refractivity contribution < 1.29 is 19.4 Å². The monoisotopic (exact) mass is 257 g/mol. The lowest BCUT2D eigenvalue weighted by Gasteiger charge is -2.32. The summed E-state index contributed by atoms with van der Waals surface area (Å²) in [5.74, 6) is -0.914. The molecule has 5 nitrogen and oxygen atoms in total. The van der Waals surface area contributed by atoms with Gasteiger partial charge in [-0.3, -0.25) is 9.69 Å². The molecule has 1 heterocycles. The number of carbonyl (C=O) groups is 2. The third-order valence-electron chi connectivity index (χ3n) is 3.35. The topological polar surface area (TPSA) is 66.8 Å². The summed E-state index contributed by atoms with van der Waals surface area (Å²) in [6.45, 7) is 6.71. The maximum atomic E-state index is 11.3. The van der Waals surface area contributed by atoms with E-state index < -0.39 is 12.1 Å². The summed E-state index contributed by atoms with van der Waals surface area (Å²) < 4.78 is 5.42. The Bertz CT molecular complexity index is 303. The smallest absolute Gasteiger partial charge is 0.334 e. The molecule has 1 saturated heterocycles. The van der Waals surface area contributed by atoms with E-state index in [1.807, 2.05) is 0 Å². The molecule has 18 heavy (non-hydrogen) atoms. The molecule has 1 rings (SSSR count). The molecule has 2 atom stereocenters. The number of carboxylic acid groups (broad SMARTS) is 1. The quantitative estimate of drug-likeness (QED) is 0.745. The highest BCUT2D eigenvalue weighted by Gasteiger charge is 2.37. The number of ether oxygens (including phenoxy) is 1. The van der Waals surface area contributed by atoms with Gasteiger partial charge in [0.25, 0.3) is 0 Å². The Morgan fingerprint density at radius 3 is 2.61 bits per heavy atom. The number of nitrogens with zero attached hydrogens (tertiary/aromatic N) is 1. The fourth-order valence-electron chi connectivity index (χ4n) is 2.46. The van der Waals surface area contributed by atoms with Crippen LogP contribution in [0.3, 0.4) is 0 Å². The molecule has 0 aromatic carbocycles. The number of carboxylic acids is 1. The first-order valence-electron chi connectivity index (χ1n) is 6.53. The second-order valence-electron chi connectivity index (χ2n) is 5.12. The highest BCUT2D eigenvalue weighted by molar-refractivity contribution is 5.76. The summed E-state index contributed by atoms with van der Waals surface area (Å²) in [6, 6.07) is 0.241. The van der Waals surface area contributed by atoms with Crippen LogP contribution in [0.5, 0.6) is 0 Å². The van der Waals surface area contributed by atoms with Crippen LogP contribution in [-0.4, -0.2) is 53.1 Å². The van der Waals surface area contributed by atoms with Crippen LogP contribution in [-0.2, 0) is 14.3 Å². The number of Topliss-reactive ketones (excluding diaryl/α,β-unsaturated/α-hetero) is 1. The molecule has 1 unspecified atom stereocenters. The van der Waals surface area contributed by atoms with Gasteiger partial charge < -0.3 is 9.84 Å². The van der Waals surface area contributed by atoms with Gasteiger partial charge in [-0.2, -0.15) is 0 Å². The van der Waals surface area contributed by atoms with Crippen LogP contribution >= 0.6 is 0 Å². The molecule has 0 spiro atoms. The molecule has 5 heteroatoms. The highest BCUT2D eigenvalue weighted by atomic mass is 16.5. The van der Waals surface area contributed by atoms with Gasteiger partial charge in [0.2, 0.25) is 0 Å². The maximum absolute atomic E-state index is 11.3. The minimum absolute atomic E-state index is 0.0197. The molecular weight excluding hydrogens is 234 g/mol. The Labute approximate surface area is 108 Å². The van der Waals surface area contributed by atoms with Crippen molar-refractivity contribution in [1.82, 2.24) is 4.90 Å². The highest BCUT2D eigenvalue weighted by Crippen LogP contribution is 2.24. The Kier molecular flexibility index (Phi) is 5.75. The minimum atomic E-state index is -0.934. The molecule has 104 valence electrons. The van der Waals surface area contributed by atoms with E-state index in [0.29, 0.717) is 6.04 Å². The number of aliphatic carboxylic acids is 1. The molecule has 0 amide bonds. The summed E-state index contributed by atoms with van der Waals surface area (Å²) in [5.41, 5.74) is 0. The number of ketones is 1. The van der Waals surface area contributed by atoms with Crippen molar-refractivity contribution in [2.75, 3.05) is 13.2 Å². The molecule has 1 fully saturated rings. The van der Waals surface area contributed by atoms with E-state index >= 15 is 0 Å². The predicted molar refractivity (Wildman–Crippen MR) is 67.5 cm³/mol. The van der Waals surface area contributed by atoms with Crippen LogP contribution in [0.2, 0.25) is 0 Å². The lowest BCUT2D eigenvalue weighted by Crippen LogP contribution is -2.47. The summed E-state index contributed by atoms with van der Waals surface area (Å²) >= 11 is 0. The van der Waals surface area contributed by atoms with Gasteiger partial charge in [0.1, 0.15) is 5.78 Å². The van der Waals surface area contributed by atoms with Crippen molar-refractivity contribution in [3.05, 3.63) is 0 Å². The van der Waals surface area contributed by atoms with Crippen LogP contribution in [0.1, 0.15) is 40.0 Å². The largest absolute Gasteiger partial charge is 0.479 e. The van der Waals surface area contributed by atoms with E-state index in [4.69, 9.17) is 4.74 Å². The van der Waals surface area contributed by atoms with Gasteiger partial charge in [0.05, 0.1) is 6.61 Å². The summed E-state index contributed by atoms with van der Waals surface area (Å²) in [7, 11) is 0. The van der Waals surface area contributed by atoms with E-state index in [1.54, 1.807) is 0 Å². The fraction of sp³-hybridized carbons (Fsp3) is 0.846. The Morgan fingerprint density at radius 1 is 1.44 bits per heavy atom. The average Bonchev–Trinajstić information content (AvgIpc) is 2.72. The van der Waals surface area contributed by atoms with Crippen molar-refractivity contribution >= 4 is 11.8 Å². The van der Waals surface area contributed by atoms with Gasteiger partial charge in [-0.05, 0) is 40.2 Å². The number of hydrogen-bond donors (Lipinski definition) is 1. The van der Waals surface area contributed by atoms with Crippen molar-refractivity contribution in [1.29, 1.82) is 0 Å². The molecule has 0 aromatic rings. The third kappa shape index (κ3) is 4.07. The zero-order valence-electron chi connectivity index (χ0n) is 11.4. The molecular formula is C13H23NO4. The molecule has 1 aliphatic rings. The first kappa shape index (κ1) is 15.1. The first-order chi connectivity index (χ1) is 8.43. The van der Waals surface area contributed by atoms with Gasteiger partial charge in [-0.25, -0.2) is 4.79 Å². The maximum Gasteiger partial charge on any atom is 0.334 e. The molecule has 1 N–H and O–H groups in total. The molecule has 0 aromatic heterocycles. The Balaban J connectivity index is 2.60. The molecule has 0 saturated carbocycles. The summed E-state index contributed by atoms with van der Waals surface area (Å²) in [4.78, 5) is 24.3. The van der Waals surface area contributed by atoms with Crippen molar-refractivity contribution in [3.63, 3.8) is 0 Å². The van der Waals surface area contributed by atoms with Gasteiger partial charge in [0, 0.05) is 18.5 Å². The SMILES string of the molecule is CC(=O)CCOC(C(=O)O)[C@@H]1CCCN1C(C)C. The lowest BCUT2D eigenvalue weighted by molar-refractivity contribution is -0.155. The summed E-state index contributed by atoms with van der Waals surface area (Å²) in [5, 5.41) is 9.26. The Morgan fingerprint density at radius 2 is 2.11 bits per heavy atom. The standard InChI is InChI=1S/C13H23NO4/c1-9(2)14-7-4-5-11(14)12(13(16)17)18-8-6-10(3)15/h9,11-12H,4-8H2,1-3H3,(H,16,17)/t11-,12?/m0/s1. The van der Waals surface area contributed by atoms with Crippen LogP contribution in [0.25, 0.3) is 0 Å². The number of carbonyl (C=O) groups excluding carboxylic acids is 1. The van der Waals surface area contributed by atoms with E-state index in [9.17, 15) is 14.7 Å². The van der Waals surface area contributed by atoms with Crippen molar-refractivity contribution in [3.8, 4) is 0 Å². The van der Waals surface area contributed by atoms with Crippen LogP contribution < -0.4 is 0 Å². The van der Waals surface area contributed by atoms with Gasteiger partial charge in [-0.1, -0.05) is 0 Å². The second kappa shape index (κ2) is 6.85. The van der Waals surface area contributed by atoms with E-state index in [-0.39, 0.29) is 24.9 Å². The van der Waals surface area contributed by atoms with E-state index in [1.165, 1.54) is 6.92 Å². The van der Waals surface area contributed by atoms with Crippen LogP contribution in [0.15, 0.2) is 0 Å². The second-order valence-corrected chi connectivity index (χ2v) is 5.12. The number of rotatable bonds is 7. The average molecular weight is 257 g/mol. The minimum Gasteiger partial charge on any atom is -0.479 e. The zero-order chi connectivity index (χ0) is 13.7. The molecule has 0 aliphatic carbocycles. The van der Waals surface area contributed by atoms with Gasteiger partial charge >= 0.3 is 5.97 Å². The van der Waals surface area contributed by atoms with Gasteiger partial charge in [-0.15, -0.1) is 0 Å². The summed E-state index contributed by atoms with van der Waals surface area (Å²) in [6.07, 6.45) is 1.30. The molecule has 0 bridgehead atoms. The van der Waals surface area contributed by atoms with Crippen LogP contribution in [0.4, 0.5) is 0 Å². The van der Waals surface area contributed by atoms with E-state index in [2.05, 4.69) is 18.7 Å². The zero-order valence-corrected chi connectivity index (χ0v) is 11.4. The first-order valence-corrected chi connectivity index (χ1v) is 6.53. The van der Waals surface area contributed by atoms with Crippen molar-refractivity contribution in [2.45, 2.75) is 58.2 Å². The fourth-order valence-corrected chi connectivity index (χ4v) is 2.46. The van der Waals surface area contributed by atoms with E-state index in [0.717, 1.165) is 19.4 Å². The third-order valence-corrected chi connectivity index (χ3v) is 3.35. The number of likely N-dealkylation sites (tertiary alicyclic amines) is 1. The van der Waals surface area contributed by atoms with Gasteiger partial charge in [0.15, 0.2) is 6.10 Å². The molecule has 0 radical (unpaired) electrons.